The molecule has 5 nitrogen and oxygen atoms in total. The van der Waals surface area contributed by atoms with Crippen molar-refractivity contribution < 1.29 is 23.7 Å². The predicted molar refractivity (Wildman–Crippen MR) is 85.3 cm³/mol. The molecule has 0 radical (unpaired) electrons. The molecule has 0 N–H and O–H groups in total. The Morgan fingerprint density at radius 1 is 0.955 bits per heavy atom. The van der Waals surface area contributed by atoms with E-state index in [9.17, 15) is 0 Å². The number of fused-ring (bicyclic) bond motifs is 1. The molecule has 0 saturated carbocycles. The van der Waals surface area contributed by atoms with E-state index in [-0.39, 0.29) is 6.10 Å². The first-order chi connectivity index (χ1) is 10.4. The summed E-state index contributed by atoms with van der Waals surface area (Å²) in [6.07, 6.45) is 3.72. The lowest BCUT2D eigenvalue weighted by Crippen LogP contribution is -2.28. The summed E-state index contributed by atoms with van der Waals surface area (Å²) >= 11 is 0. The number of hydrogen-bond acceptors (Lipinski definition) is 5. The summed E-state index contributed by atoms with van der Waals surface area (Å²) in [4.78, 5) is 0. The van der Waals surface area contributed by atoms with Gasteiger partial charge in [0.1, 0.15) is 5.60 Å². The van der Waals surface area contributed by atoms with Gasteiger partial charge in [-0.25, -0.2) is 0 Å². The Labute approximate surface area is 131 Å². The van der Waals surface area contributed by atoms with Gasteiger partial charge in [-0.05, 0) is 32.9 Å². The average Bonchev–Trinajstić information content (AvgIpc) is 2.50. The molecule has 0 fully saturated rings. The summed E-state index contributed by atoms with van der Waals surface area (Å²) in [6, 6.07) is 0. The van der Waals surface area contributed by atoms with E-state index >= 15 is 0 Å². The van der Waals surface area contributed by atoms with Crippen molar-refractivity contribution in [3.05, 3.63) is 17.2 Å². The Morgan fingerprint density at radius 3 is 2.05 bits per heavy atom. The highest BCUT2D eigenvalue weighted by molar-refractivity contribution is 5.77. The normalized spacial score (nSPS) is 16.5. The number of rotatable bonds is 5. The van der Waals surface area contributed by atoms with Gasteiger partial charge in [0.15, 0.2) is 23.0 Å². The van der Waals surface area contributed by atoms with Crippen molar-refractivity contribution in [2.45, 2.75) is 32.5 Å². The third kappa shape index (κ3) is 2.61. The van der Waals surface area contributed by atoms with Crippen LogP contribution in [0.1, 0.15) is 38.0 Å². The maximum atomic E-state index is 6.12. The van der Waals surface area contributed by atoms with Gasteiger partial charge in [0.2, 0.25) is 0 Å². The van der Waals surface area contributed by atoms with Crippen molar-refractivity contribution in [3.8, 4) is 23.0 Å². The van der Waals surface area contributed by atoms with Crippen LogP contribution in [0.3, 0.4) is 0 Å². The molecule has 1 aromatic rings. The van der Waals surface area contributed by atoms with E-state index in [1.165, 1.54) is 0 Å². The Kier molecular flexibility index (Phi) is 4.56. The van der Waals surface area contributed by atoms with Gasteiger partial charge in [-0.3, -0.25) is 0 Å². The first kappa shape index (κ1) is 16.5. The molecule has 1 heterocycles. The fourth-order valence-corrected chi connectivity index (χ4v) is 2.62. The second kappa shape index (κ2) is 6.08. The van der Waals surface area contributed by atoms with Crippen LogP contribution >= 0.6 is 0 Å². The Hall–Kier alpha value is -1.88. The molecule has 0 bridgehead atoms. The molecule has 1 aromatic carbocycles. The molecule has 1 aliphatic heterocycles. The Balaban J connectivity index is 2.84. The summed E-state index contributed by atoms with van der Waals surface area (Å²) in [5.74, 6) is 2.47. The Bertz CT molecular complexity index is 589. The fourth-order valence-electron chi connectivity index (χ4n) is 2.62. The summed E-state index contributed by atoms with van der Waals surface area (Å²) in [6.45, 7) is 5.90. The van der Waals surface area contributed by atoms with Crippen molar-refractivity contribution in [1.29, 1.82) is 0 Å². The van der Waals surface area contributed by atoms with Crippen molar-refractivity contribution >= 4 is 6.08 Å². The third-order valence-electron chi connectivity index (χ3n) is 3.78. The van der Waals surface area contributed by atoms with E-state index in [0.717, 1.165) is 11.1 Å². The molecular weight excluding hydrogens is 284 g/mol. The number of methoxy groups -OCH3 is 4. The van der Waals surface area contributed by atoms with Gasteiger partial charge in [0, 0.05) is 7.11 Å². The summed E-state index contributed by atoms with van der Waals surface area (Å²) in [7, 11) is 6.47. The van der Waals surface area contributed by atoms with Crippen LogP contribution < -0.4 is 18.9 Å². The molecule has 22 heavy (non-hydrogen) atoms. The molecular formula is C17H24O5. The van der Waals surface area contributed by atoms with Crippen LogP contribution in [-0.2, 0) is 4.74 Å². The third-order valence-corrected chi connectivity index (χ3v) is 3.78. The minimum atomic E-state index is -0.423. The topological polar surface area (TPSA) is 46.2 Å². The quantitative estimate of drug-likeness (QED) is 0.831. The lowest BCUT2D eigenvalue weighted by molar-refractivity contribution is 0.110. The van der Waals surface area contributed by atoms with Gasteiger partial charge in [-0.15, -0.1) is 0 Å². The molecule has 0 unspecified atom stereocenters. The van der Waals surface area contributed by atoms with E-state index in [4.69, 9.17) is 23.7 Å². The lowest BCUT2D eigenvalue weighted by atomic mass is 9.96. The zero-order valence-corrected chi connectivity index (χ0v) is 14.3. The SMILES string of the molecule is COc1c2c(c(OC)c([C@@H](C)OC)c1OC)OC(C)(C)C=C2. The second-order valence-electron chi connectivity index (χ2n) is 5.67. The zero-order chi connectivity index (χ0) is 16.5. The minimum absolute atomic E-state index is 0.235. The van der Waals surface area contributed by atoms with Crippen LogP contribution in [0.2, 0.25) is 0 Å². The minimum Gasteiger partial charge on any atom is -0.492 e. The van der Waals surface area contributed by atoms with Gasteiger partial charge in [0.05, 0.1) is 38.6 Å². The highest BCUT2D eigenvalue weighted by atomic mass is 16.5. The van der Waals surface area contributed by atoms with Crippen LogP contribution in [-0.4, -0.2) is 34.0 Å². The number of benzene rings is 1. The van der Waals surface area contributed by atoms with E-state index < -0.39 is 5.60 Å². The molecule has 122 valence electrons. The van der Waals surface area contributed by atoms with E-state index in [2.05, 4.69) is 0 Å². The molecule has 0 amide bonds. The van der Waals surface area contributed by atoms with Crippen LogP contribution in [0.15, 0.2) is 6.08 Å². The molecule has 0 saturated heterocycles. The summed E-state index contributed by atoms with van der Waals surface area (Å²) in [5, 5.41) is 0. The highest BCUT2D eigenvalue weighted by Gasteiger charge is 2.34. The van der Waals surface area contributed by atoms with Crippen LogP contribution in [0.25, 0.3) is 6.08 Å². The molecule has 2 rings (SSSR count). The Morgan fingerprint density at radius 2 is 1.55 bits per heavy atom. The standard InChI is InChI=1S/C17H24O5/c1-10(18-4)12-15(20-6)13(19-5)11-8-9-17(2,3)22-14(11)16(12)21-7/h8-10H,1-7H3/t10-/m1/s1. The van der Waals surface area contributed by atoms with Crippen LogP contribution in [0, 0.1) is 0 Å². The van der Waals surface area contributed by atoms with E-state index in [0.29, 0.717) is 23.0 Å². The summed E-state index contributed by atoms with van der Waals surface area (Å²) < 4.78 is 28.4. The van der Waals surface area contributed by atoms with E-state index in [1.807, 2.05) is 32.9 Å². The zero-order valence-electron chi connectivity index (χ0n) is 14.3. The number of hydrogen-bond donors (Lipinski definition) is 0. The molecule has 0 aromatic heterocycles. The largest absolute Gasteiger partial charge is 0.492 e. The van der Waals surface area contributed by atoms with Gasteiger partial charge in [0.25, 0.3) is 0 Å². The van der Waals surface area contributed by atoms with E-state index in [1.54, 1.807) is 28.4 Å². The van der Waals surface area contributed by atoms with Crippen LogP contribution in [0.5, 0.6) is 23.0 Å². The maximum absolute atomic E-state index is 6.12. The smallest absolute Gasteiger partial charge is 0.174 e. The molecule has 0 spiro atoms. The maximum Gasteiger partial charge on any atom is 0.174 e. The van der Waals surface area contributed by atoms with Gasteiger partial charge < -0.3 is 23.7 Å². The van der Waals surface area contributed by atoms with Crippen LogP contribution in [0.4, 0.5) is 0 Å². The first-order valence-corrected chi connectivity index (χ1v) is 7.17. The van der Waals surface area contributed by atoms with Gasteiger partial charge >= 0.3 is 0 Å². The second-order valence-corrected chi connectivity index (χ2v) is 5.67. The molecule has 5 heteroatoms. The van der Waals surface area contributed by atoms with Gasteiger partial charge in [-0.2, -0.15) is 0 Å². The van der Waals surface area contributed by atoms with Crippen molar-refractivity contribution in [2.24, 2.45) is 0 Å². The monoisotopic (exact) mass is 308 g/mol. The molecule has 0 aliphatic carbocycles. The highest BCUT2D eigenvalue weighted by Crippen LogP contribution is 2.54. The molecule has 1 atom stereocenters. The lowest BCUT2D eigenvalue weighted by Gasteiger charge is -2.32. The predicted octanol–water partition coefficient (Wildman–Crippen LogP) is 3.60. The first-order valence-electron chi connectivity index (χ1n) is 7.17. The fraction of sp³-hybridized carbons (Fsp3) is 0.529. The van der Waals surface area contributed by atoms with Crippen molar-refractivity contribution in [3.63, 3.8) is 0 Å². The number of ether oxygens (including phenoxy) is 5. The average molecular weight is 308 g/mol. The van der Waals surface area contributed by atoms with Crippen molar-refractivity contribution in [2.75, 3.05) is 28.4 Å². The molecule has 1 aliphatic rings. The van der Waals surface area contributed by atoms with Crippen molar-refractivity contribution in [1.82, 2.24) is 0 Å². The van der Waals surface area contributed by atoms with Gasteiger partial charge in [-0.1, -0.05) is 0 Å². The summed E-state index contributed by atoms with van der Waals surface area (Å²) in [5.41, 5.74) is 1.16.